The molecule has 0 aromatic rings. The number of methoxy groups -OCH3 is 1. The summed E-state index contributed by atoms with van der Waals surface area (Å²) >= 11 is 0. The lowest BCUT2D eigenvalue weighted by Crippen LogP contribution is -2.21. The molecule has 0 aromatic carbocycles. The molecule has 0 atom stereocenters. The van der Waals surface area contributed by atoms with E-state index in [0.29, 0.717) is 13.0 Å². The van der Waals surface area contributed by atoms with Crippen molar-refractivity contribution in [1.82, 2.24) is 4.90 Å². The molecular formula is C12H23NO3. The highest BCUT2D eigenvalue weighted by Gasteiger charge is 2.09. The molecule has 0 radical (unpaired) electrons. The van der Waals surface area contributed by atoms with Gasteiger partial charge in [0.05, 0.1) is 7.11 Å². The number of hydrogen-bond acceptors (Lipinski definition) is 4. The fraction of sp³-hybridized carbons (Fsp3) is 0.917. The lowest BCUT2D eigenvalue weighted by atomic mass is 10.3. The fourth-order valence-corrected chi connectivity index (χ4v) is 1.92. The van der Waals surface area contributed by atoms with Crippen LogP contribution < -0.4 is 0 Å². The maximum Gasteiger partial charge on any atom is 0.305 e. The van der Waals surface area contributed by atoms with Crippen LogP contribution in [0.2, 0.25) is 0 Å². The lowest BCUT2D eigenvalue weighted by Gasteiger charge is -2.13. The Morgan fingerprint density at radius 1 is 1.19 bits per heavy atom. The number of carbonyl (C=O) groups excluding carboxylic acids is 1. The van der Waals surface area contributed by atoms with Crippen molar-refractivity contribution < 1.29 is 14.3 Å². The van der Waals surface area contributed by atoms with E-state index in [2.05, 4.69) is 9.64 Å². The van der Waals surface area contributed by atoms with E-state index in [1.807, 2.05) is 0 Å². The Kier molecular flexibility index (Phi) is 7.17. The van der Waals surface area contributed by atoms with Gasteiger partial charge in [0.25, 0.3) is 0 Å². The van der Waals surface area contributed by atoms with E-state index in [1.165, 1.54) is 33.0 Å². The molecule has 0 aliphatic carbocycles. The van der Waals surface area contributed by atoms with E-state index >= 15 is 0 Å². The monoisotopic (exact) mass is 229 g/mol. The van der Waals surface area contributed by atoms with Crippen molar-refractivity contribution in [3.63, 3.8) is 0 Å². The third kappa shape index (κ3) is 6.08. The van der Waals surface area contributed by atoms with E-state index < -0.39 is 0 Å². The molecule has 16 heavy (non-hydrogen) atoms. The second kappa shape index (κ2) is 8.53. The Balaban J connectivity index is 1.79. The van der Waals surface area contributed by atoms with Gasteiger partial charge in [-0.3, -0.25) is 4.79 Å². The SMILES string of the molecule is COC(=O)CCCOCCCN1CCCC1. The lowest BCUT2D eigenvalue weighted by molar-refractivity contribution is -0.141. The maximum atomic E-state index is 10.8. The molecule has 1 saturated heterocycles. The van der Waals surface area contributed by atoms with E-state index in [4.69, 9.17) is 4.74 Å². The molecule has 0 N–H and O–H groups in total. The topological polar surface area (TPSA) is 38.8 Å². The highest BCUT2D eigenvalue weighted by Crippen LogP contribution is 2.07. The van der Waals surface area contributed by atoms with Crippen LogP contribution >= 0.6 is 0 Å². The van der Waals surface area contributed by atoms with Gasteiger partial charge in [0.2, 0.25) is 0 Å². The van der Waals surface area contributed by atoms with Gasteiger partial charge in [-0.15, -0.1) is 0 Å². The molecule has 0 aromatic heterocycles. The van der Waals surface area contributed by atoms with Crippen molar-refractivity contribution >= 4 is 5.97 Å². The number of hydrogen-bond donors (Lipinski definition) is 0. The molecule has 1 heterocycles. The van der Waals surface area contributed by atoms with Gasteiger partial charge in [0.15, 0.2) is 0 Å². The summed E-state index contributed by atoms with van der Waals surface area (Å²) in [6, 6.07) is 0. The van der Waals surface area contributed by atoms with E-state index in [0.717, 1.165) is 26.0 Å². The van der Waals surface area contributed by atoms with Crippen molar-refractivity contribution in [2.45, 2.75) is 32.1 Å². The average Bonchev–Trinajstić information content (AvgIpc) is 2.80. The zero-order valence-corrected chi connectivity index (χ0v) is 10.2. The minimum Gasteiger partial charge on any atom is -0.469 e. The van der Waals surface area contributed by atoms with Gasteiger partial charge in [0.1, 0.15) is 0 Å². The molecule has 0 spiro atoms. The Morgan fingerprint density at radius 2 is 1.88 bits per heavy atom. The molecular weight excluding hydrogens is 206 g/mol. The molecule has 1 rings (SSSR count). The van der Waals surface area contributed by atoms with Gasteiger partial charge in [-0.05, 0) is 38.8 Å². The van der Waals surface area contributed by atoms with Crippen molar-refractivity contribution in [3.05, 3.63) is 0 Å². The fourth-order valence-electron chi connectivity index (χ4n) is 1.92. The summed E-state index contributed by atoms with van der Waals surface area (Å²) in [5.41, 5.74) is 0. The minimum absolute atomic E-state index is 0.152. The third-order valence-corrected chi connectivity index (χ3v) is 2.86. The summed E-state index contributed by atoms with van der Waals surface area (Å²) in [5.74, 6) is -0.152. The molecule has 1 aliphatic heterocycles. The second-order valence-corrected chi connectivity index (χ2v) is 4.19. The number of likely N-dealkylation sites (tertiary alicyclic amines) is 1. The molecule has 1 aliphatic rings. The van der Waals surface area contributed by atoms with E-state index in [1.54, 1.807) is 0 Å². The molecule has 0 bridgehead atoms. The Labute approximate surface area is 97.9 Å². The Morgan fingerprint density at radius 3 is 2.56 bits per heavy atom. The molecule has 4 nitrogen and oxygen atoms in total. The summed E-state index contributed by atoms with van der Waals surface area (Å²) in [5, 5.41) is 0. The number of rotatable bonds is 8. The summed E-state index contributed by atoms with van der Waals surface area (Å²) in [6.07, 6.45) is 5.01. The summed E-state index contributed by atoms with van der Waals surface area (Å²) in [4.78, 5) is 13.3. The predicted octanol–water partition coefficient (Wildman–Crippen LogP) is 1.44. The van der Waals surface area contributed by atoms with Crippen LogP contribution in [0.5, 0.6) is 0 Å². The number of nitrogens with zero attached hydrogens (tertiary/aromatic N) is 1. The first-order valence-electron chi connectivity index (χ1n) is 6.20. The number of esters is 1. The van der Waals surface area contributed by atoms with Gasteiger partial charge in [-0.25, -0.2) is 0 Å². The first kappa shape index (κ1) is 13.5. The van der Waals surface area contributed by atoms with Crippen molar-refractivity contribution in [2.75, 3.05) is 40.0 Å². The molecule has 0 saturated carbocycles. The highest BCUT2D eigenvalue weighted by atomic mass is 16.5. The normalized spacial score (nSPS) is 16.6. The summed E-state index contributed by atoms with van der Waals surface area (Å²) in [7, 11) is 1.42. The van der Waals surface area contributed by atoms with Crippen LogP contribution in [0, 0.1) is 0 Å². The smallest absolute Gasteiger partial charge is 0.305 e. The Bertz CT molecular complexity index is 191. The average molecular weight is 229 g/mol. The van der Waals surface area contributed by atoms with Crippen LogP contribution in [0.1, 0.15) is 32.1 Å². The molecule has 1 fully saturated rings. The molecule has 4 heteroatoms. The largest absolute Gasteiger partial charge is 0.469 e. The minimum atomic E-state index is -0.152. The zero-order valence-electron chi connectivity index (χ0n) is 10.2. The molecule has 0 unspecified atom stereocenters. The zero-order chi connectivity index (χ0) is 11.6. The number of carbonyl (C=O) groups is 1. The Hall–Kier alpha value is -0.610. The summed E-state index contributed by atoms with van der Waals surface area (Å²) < 4.78 is 10.00. The van der Waals surface area contributed by atoms with Gasteiger partial charge >= 0.3 is 5.97 Å². The van der Waals surface area contributed by atoms with Gasteiger partial charge in [0, 0.05) is 26.2 Å². The van der Waals surface area contributed by atoms with E-state index in [9.17, 15) is 4.79 Å². The second-order valence-electron chi connectivity index (χ2n) is 4.19. The number of ether oxygens (including phenoxy) is 2. The first-order valence-corrected chi connectivity index (χ1v) is 6.20. The van der Waals surface area contributed by atoms with Crippen molar-refractivity contribution in [3.8, 4) is 0 Å². The van der Waals surface area contributed by atoms with Crippen LogP contribution in [-0.2, 0) is 14.3 Å². The van der Waals surface area contributed by atoms with Crippen LogP contribution in [0.25, 0.3) is 0 Å². The summed E-state index contributed by atoms with van der Waals surface area (Å²) in [6.45, 7) is 5.12. The standard InChI is InChI=1S/C12H23NO3/c1-15-12(14)6-4-10-16-11-5-9-13-7-2-3-8-13/h2-11H2,1H3. The van der Waals surface area contributed by atoms with Crippen molar-refractivity contribution in [2.24, 2.45) is 0 Å². The maximum absolute atomic E-state index is 10.8. The molecule has 0 amide bonds. The van der Waals surface area contributed by atoms with Crippen LogP contribution in [-0.4, -0.2) is 50.8 Å². The van der Waals surface area contributed by atoms with Gasteiger partial charge < -0.3 is 14.4 Å². The van der Waals surface area contributed by atoms with Crippen LogP contribution in [0.3, 0.4) is 0 Å². The quantitative estimate of drug-likeness (QED) is 0.466. The van der Waals surface area contributed by atoms with E-state index in [-0.39, 0.29) is 5.97 Å². The highest BCUT2D eigenvalue weighted by molar-refractivity contribution is 5.68. The van der Waals surface area contributed by atoms with Crippen LogP contribution in [0.15, 0.2) is 0 Å². The van der Waals surface area contributed by atoms with Crippen LogP contribution in [0.4, 0.5) is 0 Å². The third-order valence-electron chi connectivity index (χ3n) is 2.86. The predicted molar refractivity (Wildman–Crippen MR) is 62.4 cm³/mol. The van der Waals surface area contributed by atoms with Crippen molar-refractivity contribution in [1.29, 1.82) is 0 Å². The molecule has 94 valence electrons. The van der Waals surface area contributed by atoms with Gasteiger partial charge in [-0.1, -0.05) is 0 Å². The first-order chi connectivity index (χ1) is 7.83. The van der Waals surface area contributed by atoms with Gasteiger partial charge in [-0.2, -0.15) is 0 Å².